The minimum Gasteiger partial charge on any atom is -0.481 e. The van der Waals surface area contributed by atoms with Crippen LogP contribution in [0.4, 0.5) is 0 Å². The van der Waals surface area contributed by atoms with Gasteiger partial charge in [0, 0.05) is 13.0 Å². The SMILES string of the molecule is COc1cccc(C(C)=O)n1. The molecule has 1 aromatic heterocycles. The molecule has 0 saturated heterocycles. The molecule has 1 heterocycles. The molecule has 3 heteroatoms. The molecule has 11 heavy (non-hydrogen) atoms. The largest absolute Gasteiger partial charge is 0.481 e. The first-order valence-corrected chi connectivity index (χ1v) is 3.26. The van der Waals surface area contributed by atoms with Crippen molar-refractivity contribution in [2.75, 3.05) is 7.11 Å². The van der Waals surface area contributed by atoms with Gasteiger partial charge in [-0.3, -0.25) is 4.79 Å². The van der Waals surface area contributed by atoms with Crippen LogP contribution in [-0.4, -0.2) is 17.9 Å². The number of ketones is 1. The van der Waals surface area contributed by atoms with Crippen LogP contribution in [0.3, 0.4) is 0 Å². The van der Waals surface area contributed by atoms with Gasteiger partial charge >= 0.3 is 0 Å². The van der Waals surface area contributed by atoms with E-state index in [0.717, 1.165) is 0 Å². The van der Waals surface area contributed by atoms with Crippen molar-refractivity contribution in [1.29, 1.82) is 0 Å². The summed E-state index contributed by atoms with van der Waals surface area (Å²) in [7, 11) is 1.52. The molecule has 0 atom stereocenters. The number of methoxy groups -OCH3 is 1. The maximum absolute atomic E-state index is 10.8. The van der Waals surface area contributed by atoms with E-state index in [0.29, 0.717) is 11.6 Å². The Morgan fingerprint density at radius 1 is 1.55 bits per heavy atom. The molecule has 0 bridgehead atoms. The van der Waals surface area contributed by atoms with Gasteiger partial charge < -0.3 is 4.74 Å². The minimum absolute atomic E-state index is 0.0519. The Hall–Kier alpha value is -1.38. The molecule has 0 aliphatic rings. The zero-order valence-corrected chi connectivity index (χ0v) is 6.50. The lowest BCUT2D eigenvalue weighted by atomic mass is 10.3. The lowest BCUT2D eigenvalue weighted by molar-refractivity contribution is 0.101. The fourth-order valence-electron chi connectivity index (χ4n) is 0.725. The Bertz CT molecular complexity index is 271. The van der Waals surface area contributed by atoms with E-state index in [1.54, 1.807) is 18.2 Å². The Morgan fingerprint density at radius 3 is 2.82 bits per heavy atom. The predicted molar refractivity (Wildman–Crippen MR) is 40.8 cm³/mol. The normalized spacial score (nSPS) is 9.27. The van der Waals surface area contributed by atoms with Gasteiger partial charge in [-0.25, -0.2) is 4.98 Å². The number of pyridine rings is 1. The van der Waals surface area contributed by atoms with E-state index >= 15 is 0 Å². The van der Waals surface area contributed by atoms with Crippen LogP contribution in [-0.2, 0) is 0 Å². The van der Waals surface area contributed by atoms with Crippen molar-refractivity contribution in [2.24, 2.45) is 0 Å². The molecule has 0 N–H and O–H groups in total. The van der Waals surface area contributed by atoms with Gasteiger partial charge in [0.2, 0.25) is 5.88 Å². The van der Waals surface area contributed by atoms with Crippen molar-refractivity contribution in [3.8, 4) is 5.88 Å². The molecule has 0 aliphatic carbocycles. The third-order valence-electron chi connectivity index (χ3n) is 1.29. The van der Waals surface area contributed by atoms with Crippen LogP contribution < -0.4 is 4.74 Å². The molecule has 0 aliphatic heterocycles. The van der Waals surface area contributed by atoms with Crippen LogP contribution in [0, 0.1) is 0 Å². The zero-order valence-electron chi connectivity index (χ0n) is 6.50. The molecule has 3 nitrogen and oxygen atoms in total. The van der Waals surface area contributed by atoms with Crippen molar-refractivity contribution in [3.63, 3.8) is 0 Å². The van der Waals surface area contributed by atoms with Crippen LogP contribution in [0.2, 0.25) is 0 Å². The van der Waals surface area contributed by atoms with Crippen molar-refractivity contribution in [2.45, 2.75) is 6.92 Å². The summed E-state index contributed by atoms with van der Waals surface area (Å²) in [4.78, 5) is 14.7. The lowest BCUT2D eigenvalue weighted by Crippen LogP contribution is -1.97. The van der Waals surface area contributed by atoms with Crippen LogP contribution >= 0.6 is 0 Å². The summed E-state index contributed by atoms with van der Waals surface area (Å²) in [6, 6.07) is 5.10. The molecule has 0 aromatic carbocycles. The second kappa shape index (κ2) is 3.14. The molecule has 0 unspecified atom stereocenters. The highest BCUT2D eigenvalue weighted by molar-refractivity contribution is 5.92. The maximum Gasteiger partial charge on any atom is 0.213 e. The number of nitrogens with zero attached hydrogens (tertiary/aromatic N) is 1. The number of aromatic nitrogens is 1. The highest BCUT2D eigenvalue weighted by Gasteiger charge is 2.00. The number of carbonyl (C=O) groups is 1. The topological polar surface area (TPSA) is 39.2 Å². The monoisotopic (exact) mass is 151 g/mol. The Balaban J connectivity index is 3.01. The van der Waals surface area contributed by atoms with Crippen LogP contribution in [0.15, 0.2) is 18.2 Å². The fourth-order valence-corrected chi connectivity index (χ4v) is 0.725. The van der Waals surface area contributed by atoms with Gasteiger partial charge in [0.15, 0.2) is 5.78 Å². The van der Waals surface area contributed by atoms with Gasteiger partial charge in [0.1, 0.15) is 5.69 Å². The molecule has 0 fully saturated rings. The maximum atomic E-state index is 10.8. The van der Waals surface area contributed by atoms with E-state index in [-0.39, 0.29) is 5.78 Å². The third kappa shape index (κ3) is 1.77. The average molecular weight is 151 g/mol. The highest BCUT2D eigenvalue weighted by atomic mass is 16.5. The summed E-state index contributed by atoms with van der Waals surface area (Å²) in [5, 5.41) is 0. The number of carbonyl (C=O) groups excluding carboxylic acids is 1. The lowest BCUT2D eigenvalue weighted by Gasteiger charge is -1.98. The number of Topliss-reactive ketones (excluding diaryl/α,β-unsaturated/α-hetero) is 1. The smallest absolute Gasteiger partial charge is 0.213 e. The van der Waals surface area contributed by atoms with Crippen molar-refractivity contribution >= 4 is 5.78 Å². The first-order chi connectivity index (χ1) is 5.24. The van der Waals surface area contributed by atoms with Gasteiger partial charge in [0.25, 0.3) is 0 Å². The van der Waals surface area contributed by atoms with Gasteiger partial charge in [-0.2, -0.15) is 0 Å². The molecule has 0 spiro atoms. The van der Waals surface area contributed by atoms with Gasteiger partial charge in [-0.1, -0.05) is 6.07 Å². The first kappa shape index (κ1) is 7.72. The van der Waals surface area contributed by atoms with Crippen molar-refractivity contribution in [3.05, 3.63) is 23.9 Å². The summed E-state index contributed by atoms with van der Waals surface area (Å²) < 4.78 is 4.84. The molecule has 58 valence electrons. The molecule has 0 saturated carbocycles. The molecule has 1 rings (SSSR count). The third-order valence-corrected chi connectivity index (χ3v) is 1.29. The van der Waals surface area contributed by atoms with E-state index in [9.17, 15) is 4.79 Å². The molecular formula is C8H9NO2. The highest BCUT2D eigenvalue weighted by Crippen LogP contribution is 2.06. The predicted octanol–water partition coefficient (Wildman–Crippen LogP) is 1.29. The Kier molecular flexibility index (Phi) is 2.21. The van der Waals surface area contributed by atoms with Crippen molar-refractivity contribution in [1.82, 2.24) is 4.98 Å². The quantitative estimate of drug-likeness (QED) is 0.598. The second-order valence-corrected chi connectivity index (χ2v) is 2.12. The summed E-state index contributed by atoms with van der Waals surface area (Å²) in [5.74, 6) is 0.418. The number of hydrogen-bond donors (Lipinski definition) is 0. The molecule has 0 amide bonds. The zero-order chi connectivity index (χ0) is 8.27. The Morgan fingerprint density at radius 2 is 2.27 bits per heavy atom. The average Bonchev–Trinajstić information content (AvgIpc) is 2.05. The van der Waals surface area contributed by atoms with Crippen LogP contribution in [0.1, 0.15) is 17.4 Å². The first-order valence-electron chi connectivity index (χ1n) is 3.26. The van der Waals surface area contributed by atoms with Gasteiger partial charge in [-0.15, -0.1) is 0 Å². The van der Waals surface area contributed by atoms with E-state index in [1.165, 1.54) is 14.0 Å². The van der Waals surface area contributed by atoms with Crippen molar-refractivity contribution < 1.29 is 9.53 Å². The molecule has 0 radical (unpaired) electrons. The van der Waals surface area contributed by atoms with E-state index in [4.69, 9.17) is 4.74 Å². The minimum atomic E-state index is -0.0519. The van der Waals surface area contributed by atoms with Crippen LogP contribution in [0.25, 0.3) is 0 Å². The fraction of sp³-hybridized carbons (Fsp3) is 0.250. The summed E-state index contributed by atoms with van der Waals surface area (Å²) >= 11 is 0. The number of ether oxygens (including phenoxy) is 1. The number of rotatable bonds is 2. The molecular weight excluding hydrogens is 142 g/mol. The summed E-state index contributed by atoms with van der Waals surface area (Å²) in [6.07, 6.45) is 0. The van der Waals surface area contributed by atoms with Gasteiger partial charge in [-0.05, 0) is 6.07 Å². The van der Waals surface area contributed by atoms with Crippen LogP contribution in [0.5, 0.6) is 5.88 Å². The van der Waals surface area contributed by atoms with Gasteiger partial charge in [0.05, 0.1) is 7.11 Å². The standard InChI is InChI=1S/C8H9NO2/c1-6(10)7-4-3-5-8(9-7)11-2/h3-5H,1-2H3. The Labute approximate surface area is 65.0 Å². The molecule has 1 aromatic rings. The van der Waals surface area contributed by atoms with E-state index in [1.807, 2.05) is 0 Å². The number of hydrogen-bond acceptors (Lipinski definition) is 3. The van der Waals surface area contributed by atoms with E-state index < -0.39 is 0 Å². The van der Waals surface area contributed by atoms with E-state index in [2.05, 4.69) is 4.98 Å². The summed E-state index contributed by atoms with van der Waals surface area (Å²) in [5.41, 5.74) is 0.435. The summed E-state index contributed by atoms with van der Waals surface area (Å²) in [6.45, 7) is 1.47. The second-order valence-electron chi connectivity index (χ2n) is 2.12.